The van der Waals surface area contributed by atoms with Gasteiger partial charge in [0.25, 0.3) is 0 Å². The number of nitrogens with one attached hydrogen (secondary N) is 1. The Morgan fingerprint density at radius 2 is 1.93 bits per heavy atom. The van der Waals surface area contributed by atoms with Gasteiger partial charge in [0.2, 0.25) is 11.8 Å². The van der Waals surface area contributed by atoms with Gasteiger partial charge >= 0.3 is 0 Å². The van der Waals surface area contributed by atoms with Crippen LogP contribution in [-0.2, 0) is 4.79 Å². The van der Waals surface area contributed by atoms with Gasteiger partial charge in [0.15, 0.2) is 5.58 Å². The van der Waals surface area contributed by atoms with Crippen LogP contribution in [0.2, 0.25) is 10.0 Å². The summed E-state index contributed by atoms with van der Waals surface area (Å²) in [5, 5.41) is 13.4. The first-order valence-corrected chi connectivity index (χ1v) is 10.3. The van der Waals surface area contributed by atoms with Crippen molar-refractivity contribution in [3.8, 4) is 17.2 Å². The number of aromatic nitrogens is 1. The van der Waals surface area contributed by atoms with Gasteiger partial charge in [0.05, 0.1) is 4.47 Å². The summed E-state index contributed by atoms with van der Waals surface area (Å²) < 4.78 is 6.32. The molecule has 5 nitrogen and oxygen atoms in total. The van der Waals surface area contributed by atoms with E-state index in [1.807, 2.05) is 0 Å². The number of aromatic hydroxyl groups is 1. The predicted octanol–water partition coefficient (Wildman–Crippen LogP) is 6.92. The Bertz CT molecular complexity index is 1300. The summed E-state index contributed by atoms with van der Waals surface area (Å²) in [6, 6.07) is 15.2. The highest BCUT2D eigenvalue weighted by Crippen LogP contribution is 2.31. The van der Waals surface area contributed by atoms with E-state index in [2.05, 4.69) is 26.2 Å². The Kier molecular flexibility index (Phi) is 5.81. The van der Waals surface area contributed by atoms with E-state index < -0.39 is 0 Å². The minimum Gasteiger partial charge on any atom is -0.507 e. The van der Waals surface area contributed by atoms with Crippen molar-refractivity contribution in [2.24, 2.45) is 0 Å². The van der Waals surface area contributed by atoms with Crippen LogP contribution >= 0.6 is 39.1 Å². The molecule has 0 aliphatic heterocycles. The summed E-state index contributed by atoms with van der Waals surface area (Å²) in [4.78, 5) is 16.7. The maximum Gasteiger partial charge on any atom is 0.248 e. The molecular weight excluding hydrogens is 491 g/mol. The fourth-order valence-electron chi connectivity index (χ4n) is 2.75. The second kappa shape index (κ2) is 8.52. The maximum absolute atomic E-state index is 12.3. The summed E-state index contributed by atoms with van der Waals surface area (Å²) in [6.07, 6.45) is 3.00. The molecule has 0 aliphatic carbocycles. The molecule has 0 saturated carbocycles. The number of phenolic OH excluding ortho intramolecular Hbond substituents is 1. The predicted molar refractivity (Wildman–Crippen MR) is 123 cm³/mol. The van der Waals surface area contributed by atoms with Crippen LogP contribution in [0.15, 0.2) is 69.6 Å². The van der Waals surface area contributed by atoms with Crippen molar-refractivity contribution in [1.82, 2.24) is 4.98 Å². The van der Waals surface area contributed by atoms with E-state index in [0.717, 1.165) is 0 Å². The van der Waals surface area contributed by atoms with Gasteiger partial charge in [-0.3, -0.25) is 4.79 Å². The number of phenols is 1. The molecule has 1 heterocycles. The monoisotopic (exact) mass is 502 g/mol. The van der Waals surface area contributed by atoms with Crippen LogP contribution in [0, 0.1) is 0 Å². The maximum atomic E-state index is 12.3. The number of hydrogen-bond donors (Lipinski definition) is 2. The van der Waals surface area contributed by atoms with Crippen LogP contribution in [-0.4, -0.2) is 16.0 Å². The van der Waals surface area contributed by atoms with Gasteiger partial charge in [0, 0.05) is 27.4 Å². The number of anilines is 1. The number of benzene rings is 3. The molecule has 0 unspecified atom stereocenters. The number of halogens is 3. The van der Waals surface area contributed by atoms with Gasteiger partial charge in [-0.05, 0) is 76.1 Å². The number of oxazole rings is 1. The van der Waals surface area contributed by atoms with Crippen LogP contribution < -0.4 is 5.32 Å². The quantitative estimate of drug-likeness (QED) is 0.296. The number of rotatable bonds is 4. The standard InChI is InChI=1S/C22H13BrCl2N2O3/c23-16-9-13(2-6-19(16)28)22-27-18-11-15(5-7-20(18)30-22)26-21(29)8-3-12-1-4-14(24)10-17(12)25/h1-11,28H,(H,26,29). The second-order valence-electron chi connectivity index (χ2n) is 6.36. The summed E-state index contributed by atoms with van der Waals surface area (Å²) >= 11 is 15.3. The largest absolute Gasteiger partial charge is 0.507 e. The highest BCUT2D eigenvalue weighted by atomic mass is 79.9. The van der Waals surface area contributed by atoms with Crippen molar-refractivity contribution in [2.75, 3.05) is 5.32 Å². The minimum absolute atomic E-state index is 0.132. The minimum atomic E-state index is -0.313. The van der Waals surface area contributed by atoms with Crippen molar-refractivity contribution >= 4 is 67.9 Å². The average Bonchev–Trinajstić information content (AvgIpc) is 3.13. The molecule has 4 aromatic rings. The average molecular weight is 504 g/mol. The highest BCUT2D eigenvalue weighted by molar-refractivity contribution is 9.10. The molecule has 0 atom stereocenters. The normalized spacial score (nSPS) is 11.3. The van der Waals surface area contributed by atoms with Gasteiger partial charge in [-0.1, -0.05) is 29.3 Å². The van der Waals surface area contributed by atoms with Crippen LogP contribution in [0.1, 0.15) is 5.56 Å². The molecule has 0 saturated heterocycles. The number of hydrogen-bond acceptors (Lipinski definition) is 4. The number of amides is 1. The fraction of sp³-hybridized carbons (Fsp3) is 0. The van der Waals surface area contributed by atoms with E-state index in [1.165, 1.54) is 6.08 Å². The number of carbonyl (C=O) groups is 1. The lowest BCUT2D eigenvalue weighted by Crippen LogP contribution is -2.07. The zero-order valence-electron chi connectivity index (χ0n) is 15.2. The van der Waals surface area contributed by atoms with Crippen molar-refractivity contribution in [1.29, 1.82) is 0 Å². The molecule has 0 spiro atoms. The molecule has 0 fully saturated rings. The molecule has 1 aromatic heterocycles. The first-order chi connectivity index (χ1) is 14.4. The van der Waals surface area contributed by atoms with E-state index in [9.17, 15) is 9.90 Å². The van der Waals surface area contributed by atoms with Gasteiger partial charge in [-0.2, -0.15) is 0 Å². The Labute approximate surface area is 190 Å². The number of nitrogens with zero attached hydrogens (tertiary/aromatic N) is 1. The molecule has 0 bridgehead atoms. The smallest absolute Gasteiger partial charge is 0.248 e. The van der Waals surface area contributed by atoms with E-state index in [-0.39, 0.29) is 11.7 Å². The second-order valence-corrected chi connectivity index (χ2v) is 8.05. The summed E-state index contributed by atoms with van der Waals surface area (Å²) in [5.41, 5.74) is 3.15. The van der Waals surface area contributed by atoms with Crippen LogP contribution in [0.5, 0.6) is 5.75 Å². The summed E-state index contributed by atoms with van der Waals surface area (Å²) in [6.45, 7) is 0. The fourth-order valence-corrected chi connectivity index (χ4v) is 3.60. The number of fused-ring (bicyclic) bond motifs is 1. The van der Waals surface area contributed by atoms with Crippen molar-refractivity contribution in [3.63, 3.8) is 0 Å². The van der Waals surface area contributed by atoms with Gasteiger partial charge < -0.3 is 14.8 Å². The summed E-state index contributed by atoms with van der Waals surface area (Å²) in [5.74, 6) is 0.228. The third-order valence-electron chi connectivity index (χ3n) is 4.23. The van der Waals surface area contributed by atoms with E-state index in [1.54, 1.807) is 60.7 Å². The lowest BCUT2D eigenvalue weighted by molar-refractivity contribution is -0.111. The summed E-state index contributed by atoms with van der Waals surface area (Å²) in [7, 11) is 0. The first kappa shape index (κ1) is 20.5. The molecular formula is C22H13BrCl2N2O3. The molecule has 8 heteroatoms. The zero-order valence-corrected chi connectivity index (χ0v) is 18.3. The van der Waals surface area contributed by atoms with Gasteiger partial charge in [-0.25, -0.2) is 4.98 Å². The van der Waals surface area contributed by atoms with Crippen LogP contribution in [0.4, 0.5) is 5.69 Å². The zero-order chi connectivity index (χ0) is 21.3. The molecule has 0 radical (unpaired) electrons. The molecule has 2 N–H and O–H groups in total. The van der Waals surface area contributed by atoms with Gasteiger partial charge in [0.1, 0.15) is 11.3 Å². The Balaban J connectivity index is 1.52. The molecule has 4 rings (SSSR count). The first-order valence-electron chi connectivity index (χ1n) is 8.72. The van der Waals surface area contributed by atoms with Crippen molar-refractivity contribution < 1.29 is 14.3 Å². The Morgan fingerprint density at radius 1 is 1.10 bits per heavy atom. The van der Waals surface area contributed by atoms with Crippen molar-refractivity contribution in [2.45, 2.75) is 0 Å². The van der Waals surface area contributed by atoms with Crippen LogP contribution in [0.3, 0.4) is 0 Å². The van der Waals surface area contributed by atoms with E-state index in [4.69, 9.17) is 27.6 Å². The Morgan fingerprint density at radius 3 is 2.70 bits per heavy atom. The third-order valence-corrected chi connectivity index (χ3v) is 5.42. The Hall–Kier alpha value is -2.80. The highest BCUT2D eigenvalue weighted by Gasteiger charge is 2.11. The molecule has 1 amide bonds. The molecule has 3 aromatic carbocycles. The van der Waals surface area contributed by atoms with E-state index in [0.29, 0.717) is 48.3 Å². The molecule has 30 heavy (non-hydrogen) atoms. The lowest BCUT2D eigenvalue weighted by Gasteiger charge is -2.02. The molecule has 150 valence electrons. The SMILES string of the molecule is O=C(C=Cc1ccc(Cl)cc1Cl)Nc1ccc2oc(-c3ccc(O)c(Br)c3)nc2c1. The molecule has 0 aliphatic rings. The van der Waals surface area contributed by atoms with Crippen LogP contribution in [0.25, 0.3) is 28.6 Å². The van der Waals surface area contributed by atoms with E-state index >= 15 is 0 Å². The lowest BCUT2D eigenvalue weighted by atomic mass is 10.2. The van der Waals surface area contributed by atoms with Gasteiger partial charge in [-0.15, -0.1) is 0 Å². The number of carbonyl (C=O) groups excluding carboxylic acids is 1. The van der Waals surface area contributed by atoms with Crippen molar-refractivity contribution in [3.05, 3.63) is 80.8 Å². The topological polar surface area (TPSA) is 75.4 Å². The third kappa shape index (κ3) is 4.51.